The van der Waals surface area contributed by atoms with Crippen molar-refractivity contribution in [1.29, 1.82) is 0 Å². The molecule has 1 fully saturated rings. The predicted octanol–water partition coefficient (Wildman–Crippen LogP) is 3.64. The number of nitrogens with zero attached hydrogens (tertiary/aromatic N) is 3. The maximum absolute atomic E-state index is 12.7. The maximum atomic E-state index is 12.7. The van der Waals surface area contributed by atoms with Crippen molar-refractivity contribution in [2.75, 3.05) is 6.54 Å². The van der Waals surface area contributed by atoms with Gasteiger partial charge in [-0.1, -0.05) is 6.07 Å². The van der Waals surface area contributed by atoms with Crippen LogP contribution in [0.3, 0.4) is 0 Å². The molecule has 4 nitrogen and oxygen atoms in total. The van der Waals surface area contributed by atoms with E-state index < -0.39 is 11.9 Å². The van der Waals surface area contributed by atoms with Gasteiger partial charge in [0, 0.05) is 17.1 Å². The second-order valence-corrected chi connectivity index (χ2v) is 6.57. The second kappa shape index (κ2) is 5.99. The van der Waals surface area contributed by atoms with Crippen molar-refractivity contribution in [3.63, 3.8) is 0 Å². The molecule has 1 saturated heterocycles. The molecule has 0 aliphatic carbocycles. The van der Waals surface area contributed by atoms with Gasteiger partial charge >= 0.3 is 6.18 Å². The monoisotopic (exact) mass is 343 g/mol. The largest absolute Gasteiger partial charge is 0.435 e. The van der Waals surface area contributed by atoms with Crippen molar-refractivity contribution in [2.24, 2.45) is 0 Å². The third kappa shape index (κ3) is 3.26. The molecule has 0 saturated carbocycles. The topological polar surface area (TPSA) is 38.1 Å². The van der Waals surface area contributed by atoms with Gasteiger partial charge in [0.1, 0.15) is 6.54 Å². The third-order valence-corrected chi connectivity index (χ3v) is 4.97. The Labute approximate surface area is 135 Å². The van der Waals surface area contributed by atoms with Crippen LogP contribution in [0.15, 0.2) is 23.6 Å². The summed E-state index contributed by atoms with van der Waals surface area (Å²) < 4.78 is 39.2. The average Bonchev–Trinajstić information content (AvgIpc) is 3.17. The summed E-state index contributed by atoms with van der Waals surface area (Å²) in [6.45, 7) is 1.99. The summed E-state index contributed by atoms with van der Waals surface area (Å²) in [5.41, 5.74) is -0.628. The summed E-state index contributed by atoms with van der Waals surface area (Å²) in [7, 11) is 0. The number of aryl methyl sites for hydroxylation is 1. The van der Waals surface area contributed by atoms with Crippen LogP contribution in [-0.2, 0) is 17.5 Å². The van der Waals surface area contributed by atoms with Gasteiger partial charge in [0.15, 0.2) is 5.69 Å². The highest BCUT2D eigenvalue weighted by atomic mass is 32.1. The molecular weight excluding hydrogens is 327 g/mol. The fourth-order valence-electron chi connectivity index (χ4n) is 2.87. The molecule has 3 heterocycles. The summed E-state index contributed by atoms with van der Waals surface area (Å²) in [6, 6.07) is 4.92. The maximum Gasteiger partial charge on any atom is 0.435 e. The van der Waals surface area contributed by atoms with Crippen molar-refractivity contribution >= 4 is 17.2 Å². The van der Waals surface area contributed by atoms with Crippen LogP contribution in [0.4, 0.5) is 13.2 Å². The Morgan fingerprint density at radius 3 is 2.87 bits per heavy atom. The van der Waals surface area contributed by atoms with Gasteiger partial charge in [0.25, 0.3) is 0 Å². The lowest BCUT2D eigenvalue weighted by Crippen LogP contribution is -2.33. The first-order chi connectivity index (χ1) is 10.9. The molecule has 1 amide bonds. The van der Waals surface area contributed by atoms with Gasteiger partial charge in [-0.2, -0.15) is 18.3 Å². The molecule has 0 radical (unpaired) electrons. The lowest BCUT2D eigenvalue weighted by molar-refractivity contribution is -0.142. The van der Waals surface area contributed by atoms with Crippen LogP contribution in [0.25, 0.3) is 0 Å². The highest BCUT2D eigenvalue weighted by Crippen LogP contribution is 2.34. The van der Waals surface area contributed by atoms with Crippen LogP contribution >= 0.6 is 11.3 Å². The van der Waals surface area contributed by atoms with E-state index in [1.54, 1.807) is 16.2 Å². The fraction of sp³-hybridized carbons (Fsp3) is 0.467. The Bertz CT molecular complexity index is 693. The molecule has 23 heavy (non-hydrogen) atoms. The molecule has 0 unspecified atom stereocenters. The van der Waals surface area contributed by atoms with Crippen LogP contribution in [0.5, 0.6) is 0 Å². The molecule has 2 aromatic heterocycles. The first-order valence-corrected chi connectivity index (χ1v) is 8.19. The molecule has 1 atom stereocenters. The molecule has 2 aromatic rings. The van der Waals surface area contributed by atoms with E-state index in [1.807, 2.05) is 17.5 Å². The van der Waals surface area contributed by atoms with Crippen LogP contribution in [0.1, 0.15) is 35.1 Å². The van der Waals surface area contributed by atoms with E-state index in [9.17, 15) is 18.0 Å². The lowest BCUT2D eigenvalue weighted by Gasteiger charge is -2.24. The molecule has 0 N–H and O–H groups in total. The smallest absolute Gasteiger partial charge is 0.333 e. The SMILES string of the molecule is Cc1cc(C(F)(F)F)nn1CC(=O)N1CCC[C@H]1c1cccs1. The van der Waals surface area contributed by atoms with E-state index in [0.717, 1.165) is 28.5 Å². The molecular formula is C15H16F3N3OS. The van der Waals surface area contributed by atoms with Crippen LogP contribution in [0, 0.1) is 6.92 Å². The average molecular weight is 343 g/mol. The summed E-state index contributed by atoms with van der Waals surface area (Å²) in [5, 5.41) is 5.49. The standard InChI is InChI=1S/C15H16F3N3OS/c1-10-8-13(15(16,17)18)19-21(10)9-14(22)20-6-2-4-11(20)12-5-3-7-23-12/h3,5,7-8,11H,2,4,6,9H2,1H3/t11-/m0/s1. The van der Waals surface area contributed by atoms with E-state index in [2.05, 4.69) is 5.10 Å². The Balaban J connectivity index is 1.75. The molecule has 0 bridgehead atoms. The number of likely N-dealkylation sites (tertiary alicyclic amines) is 1. The first kappa shape index (κ1) is 16.0. The Morgan fingerprint density at radius 2 is 2.26 bits per heavy atom. The summed E-state index contributed by atoms with van der Waals surface area (Å²) in [6.07, 6.45) is -2.70. The molecule has 3 rings (SSSR count). The summed E-state index contributed by atoms with van der Waals surface area (Å²) in [4.78, 5) is 15.4. The normalized spacial score (nSPS) is 18.6. The zero-order chi connectivity index (χ0) is 16.6. The number of amides is 1. The minimum atomic E-state index is -4.49. The van der Waals surface area contributed by atoms with Crippen molar-refractivity contribution in [1.82, 2.24) is 14.7 Å². The van der Waals surface area contributed by atoms with Crippen LogP contribution < -0.4 is 0 Å². The molecule has 124 valence electrons. The van der Waals surface area contributed by atoms with Gasteiger partial charge in [-0.05, 0) is 37.3 Å². The van der Waals surface area contributed by atoms with Gasteiger partial charge in [0.2, 0.25) is 5.91 Å². The van der Waals surface area contributed by atoms with E-state index in [-0.39, 0.29) is 18.5 Å². The summed E-state index contributed by atoms with van der Waals surface area (Å²) in [5.74, 6) is -0.194. The number of aromatic nitrogens is 2. The number of halogens is 3. The number of carbonyl (C=O) groups excluding carboxylic acids is 1. The number of alkyl halides is 3. The quantitative estimate of drug-likeness (QED) is 0.853. The first-order valence-electron chi connectivity index (χ1n) is 7.31. The second-order valence-electron chi connectivity index (χ2n) is 5.59. The van der Waals surface area contributed by atoms with Crippen LogP contribution in [0.2, 0.25) is 0 Å². The van der Waals surface area contributed by atoms with Gasteiger partial charge < -0.3 is 4.90 Å². The highest BCUT2D eigenvalue weighted by molar-refractivity contribution is 7.10. The minimum absolute atomic E-state index is 0.0282. The number of hydrogen-bond acceptors (Lipinski definition) is 3. The van der Waals surface area contributed by atoms with E-state index in [1.165, 1.54) is 6.92 Å². The van der Waals surface area contributed by atoms with Gasteiger partial charge in [-0.3, -0.25) is 9.48 Å². The van der Waals surface area contributed by atoms with Crippen molar-refractivity contribution in [3.8, 4) is 0 Å². The lowest BCUT2D eigenvalue weighted by atomic mass is 10.2. The Kier molecular flexibility index (Phi) is 4.18. The van der Waals surface area contributed by atoms with E-state index in [0.29, 0.717) is 12.2 Å². The fourth-order valence-corrected chi connectivity index (χ4v) is 3.74. The molecule has 1 aliphatic rings. The highest BCUT2D eigenvalue weighted by Gasteiger charge is 2.35. The number of rotatable bonds is 3. The van der Waals surface area contributed by atoms with E-state index >= 15 is 0 Å². The minimum Gasteiger partial charge on any atom is -0.333 e. The molecule has 8 heteroatoms. The predicted molar refractivity (Wildman–Crippen MR) is 80.0 cm³/mol. The number of thiophene rings is 1. The Morgan fingerprint density at radius 1 is 1.48 bits per heavy atom. The zero-order valence-electron chi connectivity index (χ0n) is 12.5. The molecule has 0 aromatic carbocycles. The van der Waals surface area contributed by atoms with E-state index in [4.69, 9.17) is 0 Å². The molecule has 1 aliphatic heterocycles. The third-order valence-electron chi connectivity index (χ3n) is 4.00. The van der Waals surface area contributed by atoms with Gasteiger partial charge in [-0.25, -0.2) is 0 Å². The molecule has 0 spiro atoms. The zero-order valence-corrected chi connectivity index (χ0v) is 13.3. The van der Waals surface area contributed by atoms with Crippen molar-refractivity contribution < 1.29 is 18.0 Å². The summed E-state index contributed by atoms with van der Waals surface area (Å²) >= 11 is 1.59. The van der Waals surface area contributed by atoms with Crippen LogP contribution in [-0.4, -0.2) is 27.1 Å². The van der Waals surface area contributed by atoms with Gasteiger partial charge in [0.05, 0.1) is 6.04 Å². The van der Waals surface area contributed by atoms with Crippen molar-refractivity contribution in [3.05, 3.63) is 39.8 Å². The van der Waals surface area contributed by atoms with Crippen molar-refractivity contribution in [2.45, 2.75) is 38.5 Å². The Hall–Kier alpha value is -1.83. The number of carbonyl (C=O) groups is 1. The number of hydrogen-bond donors (Lipinski definition) is 0. The van der Waals surface area contributed by atoms with Gasteiger partial charge in [-0.15, -0.1) is 11.3 Å².